The number of hydrogen-bond donors (Lipinski definition) is 2. The van der Waals surface area contributed by atoms with Gasteiger partial charge in [0, 0.05) is 11.1 Å². The lowest BCUT2D eigenvalue weighted by Gasteiger charge is -2.18. The number of rotatable bonds is 3. The summed E-state index contributed by atoms with van der Waals surface area (Å²) in [5, 5.41) is 3.54. The molecule has 0 aliphatic heterocycles. The quantitative estimate of drug-likeness (QED) is 0.876. The highest BCUT2D eigenvalue weighted by Crippen LogP contribution is 2.32. The standard InChI is InChI=1S/C14H13ClF3N3/c1-8(9-2-4-10(15)5-3-9)21-12-6-13(14(16,17)18)20-7-11(12)19/h2-8H,19H2,1H3,(H,20,21). The maximum atomic E-state index is 12.7. The van der Waals surface area contributed by atoms with Gasteiger partial charge < -0.3 is 11.1 Å². The molecule has 0 aliphatic carbocycles. The molecule has 0 radical (unpaired) electrons. The van der Waals surface area contributed by atoms with E-state index in [1.54, 1.807) is 24.3 Å². The summed E-state index contributed by atoms with van der Waals surface area (Å²) in [7, 11) is 0. The van der Waals surface area contributed by atoms with Crippen LogP contribution in [-0.4, -0.2) is 4.98 Å². The Morgan fingerprint density at radius 2 is 1.86 bits per heavy atom. The van der Waals surface area contributed by atoms with Crippen LogP contribution in [0.4, 0.5) is 24.5 Å². The van der Waals surface area contributed by atoms with Gasteiger partial charge in [-0.25, -0.2) is 4.98 Å². The fraction of sp³-hybridized carbons (Fsp3) is 0.214. The number of nitrogens with zero attached hydrogens (tertiary/aromatic N) is 1. The van der Waals surface area contributed by atoms with Crippen molar-refractivity contribution in [2.24, 2.45) is 0 Å². The van der Waals surface area contributed by atoms with Crippen molar-refractivity contribution in [2.75, 3.05) is 11.1 Å². The molecule has 112 valence electrons. The Kier molecular flexibility index (Phi) is 4.27. The largest absolute Gasteiger partial charge is 0.433 e. The molecule has 3 nitrogen and oxygen atoms in total. The normalized spacial score (nSPS) is 13.0. The number of anilines is 2. The molecule has 1 aromatic heterocycles. The van der Waals surface area contributed by atoms with Crippen LogP contribution in [0.15, 0.2) is 36.5 Å². The summed E-state index contributed by atoms with van der Waals surface area (Å²) in [4.78, 5) is 3.29. The molecular formula is C14H13ClF3N3. The number of nitrogens with two attached hydrogens (primary N) is 1. The smallest absolute Gasteiger partial charge is 0.396 e. The van der Waals surface area contributed by atoms with E-state index in [2.05, 4.69) is 10.3 Å². The van der Waals surface area contributed by atoms with Crippen LogP contribution in [0.2, 0.25) is 5.02 Å². The molecule has 0 aliphatic rings. The van der Waals surface area contributed by atoms with Gasteiger partial charge in [0.2, 0.25) is 0 Å². The first-order valence-electron chi connectivity index (χ1n) is 6.12. The van der Waals surface area contributed by atoms with Gasteiger partial charge in [-0.05, 0) is 30.7 Å². The van der Waals surface area contributed by atoms with Crippen LogP contribution in [0.5, 0.6) is 0 Å². The molecule has 1 aromatic carbocycles. The first kappa shape index (κ1) is 15.4. The van der Waals surface area contributed by atoms with Crippen LogP contribution < -0.4 is 11.1 Å². The minimum Gasteiger partial charge on any atom is -0.396 e. The second-order valence-electron chi connectivity index (χ2n) is 4.57. The van der Waals surface area contributed by atoms with Crippen molar-refractivity contribution < 1.29 is 13.2 Å². The Morgan fingerprint density at radius 1 is 1.24 bits per heavy atom. The predicted octanol–water partition coefficient (Wildman–Crippen LogP) is 4.51. The van der Waals surface area contributed by atoms with Crippen molar-refractivity contribution in [2.45, 2.75) is 19.1 Å². The average Bonchev–Trinajstić information content (AvgIpc) is 2.40. The molecule has 21 heavy (non-hydrogen) atoms. The molecule has 1 heterocycles. The number of pyridine rings is 1. The minimum absolute atomic E-state index is 0.156. The Bertz CT molecular complexity index is 626. The Balaban J connectivity index is 2.24. The zero-order chi connectivity index (χ0) is 15.6. The van der Waals surface area contributed by atoms with E-state index in [4.69, 9.17) is 17.3 Å². The lowest BCUT2D eigenvalue weighted by atomic mass is 10.1. The number of alkyl halides is 3. The Labute approximate surface area is 124 Å². The van der Waals surface area contributed by atoms with Gasteiger partial charge in [0.05, 0.1) is 17.6 Å². The lowest BCUT2D eigenvalue weighted by Crippen LogP contribution is -2.12. The first-order chi connectivity index (χ1) is 9.77. The van der Waals surface area contributed by atoms with Gasteiger partial charge in [-0.2, -0.15) is 13.2 Å². The van der Waals surface area contributed by atoms with Crippen LogP contribution in [0.1, 0.15) is 24.2 Å². The summed E-state index contributed by atoms with van der Waals surface area (Å²) in [5.41, 5.74) is 5.92. The second-order valence-corrected chi connectivity index (χ2v) is 5.01. The van der Waals surface area contributed by atoms with Crippen LogP contribution in [0.3, 0.4) is 0 Å². The van der Waals surface area contributed by atoms with Crippen molar-refractivity contribution >= 4 is 23.0 Å². The zero-order valence-electron chi connectivity index (χ0n) is 11.1. The summed E-state index contributed by atoms with van der Waals surface area (Å²) in [6.45, 7) is 1.82. The number of nitrogens with one attached hydrogen (secondary N) is 1. The second kappa shape index (κ2) is 5.81. The van der Waals surface area contributed by atoms with Crippen molar-refractivity contribution in [3.63, 3.8) is 0 Å². The monoisotopic (exact) mass is 315 g/mol. The Morgan fingerprint density at radius 3 is 2.43 bits per heavy atom. The van der Waals surface area contributed by atoms with E-state index in [1.807, 2.05) is 6.92 Å². The van der Waals surface area contributed by atoms with Gasteiger partial charge in [-0.1, -0.05) is 23.7 Å². The summed E-state index contributed by atoms with van der Waals surface area (Å²) in [6.07, 6.45) is -3.51. The summed E-state index contributed by atoms with van der Waals surface area (Å²) in [5.74, 6) is 0. The molecule has 2 rings (SSSR count). The van der Waals surface area contributed by atoms with E-state index in [9.17, 15) is 13.2 Å². The topological polar surface area (TPSA) is 50.9 Å². The third kappa shape index (κ3) is 3.78. The molecule has 0 fully saturated rings. The molecule has 1 atom stereocenters. The highest BCUT2D eigenvalue weighted by atomic mass is 35.5. The van der Waals surface area contributed by atoms with Gasteiger partial charge >= 0.3 is 6.18 Å². The third-order valence-corrected chi connectivity index (χ3v) is 3.22. The zero-order valence-corrected chi connectivity index (χ0v) is 11.8. The molecule has 0 spiro atoms. The molecule has 0 amide bonds. The van der Waals surface area contributed by atoms with E-state index < -0.39 is 11.9 Å². The van der Waals surface area contributed by atoms with Gasteiger partial charge in [0.25, 0.3) is 0 Å². The highest BCUT2D eigenvalue weighted by Gasteiger charge is 2.33. The average molecular weight is 316 g/mol. The third-order valence-electron chi connectivity index (χ3n) is 2.97. The fourth-order valence-corrected chi connectivity index (χ4v) is 1.94. The maximum absolute atomic E-state index is 12.7. The summed E-state index contributed by atoms with van der Waals surface area (Å²) in [6, 6.07) is 7.69. The van der Waals surface area contributed by atoms with E-state index in [-0.39, 0.29) is 17.4 Å². The summed E-state index contributed by atoms with van der Waals surface area (Å²) < 4.78 is 38.0. The molecule has 0 saturated carbocycles. The molecule has 0 bridgehead atoms. The van der Waals surface area contributed by atoms with Gasteiger partial charge in [-0.15, -0.1) is 0 Å². The Hall–Kier alpha value is -1.95. The van der Waals surface area contributed by atoms with Crippen molar-refractivity contribution in [3.8, 4) is 0 Å². The summed E-state index contributed by atoms with van der Waals surface area (Å²) >= 11 is 5.80. The van der Waals surface area contributed by atoms with E-state index in [0.29, 0.717) is 5.02 Å². The van der Waals surface area contributed by atoms with Crippen LogP contribution >= 0.6 is 11.6 Å². The number of benzene rings is 1. The number of hydrogen-bond acceptors (Lipinski definition) is 3. The molecular weight excluding hydrogens is 303 g/mol. The van der Waals surface area contributed by atoms with Crippen molar-refractivity contribution in [3.05, 3.63) is 52.8 Å². The molecule has 2 aromatic rings. The first-order valence-corrected chi connectivity index (χ1v) is 6.50. The molecule has 0 saturated heterocycles. The lowest BCUT2D eigenvalue weighted by molar-refractivity contribution is -0.141. The van der Waals surface area contributed by atoms with Crippen LogP contribution in [0.25, 0.3) is 0 Å². The van der Waals surface area contributed by atoms with Crippen LogP contribution in [-0.2, 0) is 6.18 Å². The molecule has 7 heteroatoms. The van der Waals surface area contributed by atoms with Crippen LogP contribution in [0, 0.1) is 0 Å². The number of nitrogen functional groups attached to an aromatic ring is 1. The van der Waals surface area contributed by atoms with E-state index in [0.717, 1.165) is 17.8 Å². The molecule has 1 unspecified atom stereocenters. The number of aromatic nitrogens is 1. The fourth-order valence-electron chi connectivity index (χ4n) is 1.81. The van der Waals surface area contributed by atoms with Crippen molar-refractivity contribution in [1.29, 1.82) is 0 Å². The SMILES string of the molecule is CC(Nc1cc(C(F)(F)F)ncc1N)c1ccc(Cl)cc1. The predicted molar refractivity (Wildman–Crippen MR) is 77.1 cm³/mol. The molecule has 3 N–H and O–H groups in total. The van der Waals surface area contributed by atoms with E-state index in [1.165, 1.54) is 0 Å². The van der Waals surface area contributed by atoms with Gasteiger partial charge in [0.15, 0.2) is 0 Å². The minimum atomic E-state index is -4.51. The van der Waals surface area contributed by atoms with Gasteiger partial charge in [0.1, 0.15) is 5.69 Å². The van der Waals surface area contributed by atoms with Crippen molar-refractivity contribution in [1.82, 2.24) is 4.98 Å². The van der Waals surface area contributed by atoms with Gasteiger partial charge in [-0.3, -0.25) is 0 Å². The highest BCUT2D eigenvalue weighted by molar-refractivity contribution is 6.30. The number of halogens is 4. The maximum Gasteiger partial charge on any atom is 0.433 e. The van der Waals surface area contributed by atoms with E-state index >= 15 is 0 Å².